The van der Waals surface area contributed by atoms with Gasteiger partial charge in [-0.05, 0) is 40.5 Å². The highest BCUT2D eigenvalue weighted by Gasteiger charge is 2.07. The van der Waals surface area contributed by atoms with E-state index in [0.717, 1.165) is 10.0 Å². The Balaban J connectivity index is 2.27. The number of anilines is 1. The Morgan fingerprint density at radius 2 is 2.11 bits per heavy atom. The van der Waals surface area contributed by atoms with Gasteiger partial charge in [0, 0.05) is 23.7 Å². The number of benzene rings is 1. The average molecular weight is 321 g/mol. The number of halogens is 1. The van der Waals surface area contributed by atoms with Gasteiger partial charge in [0.25, 0.3) is 0 Å². The van der Waals surface area contributed by atoms with Gasteiger partial charge in [0.2, 0.25) is 11.8 Å². The summed E-state index contributed by atoms with van der Waals surface area (Å²) in [7, 11) is 0. The zero-order chi connectivity index (χ0) is 13.8. The number of aryl methyl sites for hydroxylation is 1. The molecule has 4 nitrogen and oxygen atoms in total. The number of amides is 1. The molecule has 0 fully saturated rings. The molecule has 0 saturated carbocycles. The summed E-state index contributed by atoms with van der Waals surface area (Å²) in [5, 5.41) is 2.72. The maximum absolute atomic E-state index is 11.1. The number of carbonyl (C=O) groups is 1. The lowest BCUT2D eigenvalue weighted by atomic mass is 10.3. The van der Waals surface area contributed by atoms with Crippen LogP contribution in [0.3, 0.4) is 0 Å². The third-order valence-corrected chi connectivity index (χ3v) is 3.26. The van der Waals surface area contributed by atoms with Crippen LogP contribution in [-0.2, 0) is 4.79 Å². The summed E-state index contributed by atoms with van der Waals surface area (Å²) in [5.41, 5.74) is 1.65. The van der Waals surface area contributed by atoms with Gasteiger partial charge in [-0.25, -0.2) is 4.98 Å². The number of pyridine rings is 1. The fraction of sp³-hybridized carbons (Fsp3) is 0.143. The van der Waals surface area contributed by atoms with Crippen molar-refractivity contribution in [2.75, 3.05) is 5.32 Å². The van der Waals surface area contributed by atoms with Crippen molar-refractivity contribution in [3.05, 3.63) is 46.6 Å². The Labute approximate surface area is 119 Å². The molecule has 0 unspecified atom stereocenters. The SMILES string of the molecule is CC(=O)Nc1ccccc1Oc1cc(C)c(Br)cn1. The topological polar surface area (TPSA) is 51.2 Å². The van der Waals surface area contributed by atoms with E-state index in [-0.39, 0.29) is 5.91 Å². The van der Waals surface area contributed by atoms with E-state index in [1.54, 1.807) is 18.3 Å². The number of nitrogens with zero attached hydrogens (tertiary/aromatic N) is 1. The summed E-state index contributed by atoms with van der Waals surface area (Å²) in [6, 6.07) is 9.06. The molecule has 0 aliphatic carbocycles. The molecule has 0 aliphatic rings. The summed E-state index contributed by atoms with van der Waals surface area (Å²) in [5.74, 6) is 0.904. The number of ether oxygens (including phenoxy) is 1. The predicted molar refractivity (Wildman–Crippen MR) is 77.5 cm³/mol. The smallest absolute Gasteiger partial charge is 0.221 e. The highest BCUT2D eigenvalue weighted by atomic mass is 79.9. The summed E-state index contributed by atoms with van der Waals surface area (Å²) in [6.07, 6.45) is 1.69. The van der Waals surface area contributed by atoms with E-state index < -0.39 is 0 Å². The van der Waals surface area contributed by atoms with Gasteiger partial charge in [-0.15, -0.1) is 0 Å². The predicted octanol–water partition coefficient (Wildman–Crippen LogP) is 3.90. The van der Waals surface area contributed by atoms with Crippen molar-refractivity contribution in [1.29, 1.82) is 0 Å². The van der Waals surface area contributed by atoms with E-state index >= 15 is 0 Å². The van der Waals surface area contributed by atoms with Gasteiger partial charge in [0.05, 0.1) is 5.69 Å². The number of para-hydroxylation sites is 2. The van der Waals surface area contributed by atoms with Crippen molar-refractivity contribution in [1.82, 2.24) is 4.98 Å². The molecule has 1 amide bonds. The van der Waals surface area contributed by atoms with Crippen LogP contribution >= 0.6 is 15.9 Å². The van der Waals surface area contributed by atoms with Crippen LogP contribution in [-0.4, -0.2) is 10.9 Å². The van der Waals surface area contributed by atoms with E-state index in [4.69, 9.17) is 4.74 Å². The molecule has 0 atom stereocenters. The van der Waals surface area contributed by atoms with Gasteiger partial charge in [0.15, 0.2) is 5.75 Å². The molecule has 1 heterocycles. The first-order valence-electron chi connectivity index (χ1n) is 5.73. The fourth-order valence-electron chi connectivity index (χ4n) is 1.53. The molecule has 0 radical (unpaired) electrons. The zero-order valence-electron chi connectivity index (χ0n) is 10.6. The van der Waals surface area contributed by atoms with Crippen molar-refractivity contribution in [3.63, 3.8) is 0 Å². The minimum absolute atomic E-state index is 0.143. The number of hydrogen-bond donors (Lipinski definition) is 1. The molecule has 2 aromatic rings. The number of aromatic nitrogens is 1. The third kappa shape index (κ3) is 3.54. The summed E-state index contributed by atoms with van der Waals surface area (Å²) < 4.78 is 6.63. The van der Waals surface area contributed by atoms with Crippen LogP contribution in [0.1, 0.15) is 12.5 Å². The quantitative estimate of drug-likeness (QED) is 0.933. The standard InChI is InChI=1S/C14H13BrN2O2/c1-9-7-14(16-8-11(9)15)19-13-6-4-3-5-12(13)17-10(2)18/h3-8H,1-2H3,(H,17,18). The third-order valence-electron chi connectivity index (χ3n) is 2.43. The van der Waals surface area contributed by atoms with Crippen LogP contribution in [0.4, 0.5) is 5.69 Å². The number of hydrogen-bond acceptors (Lipinski definition) is 3. The average Bonchev–Trinajstić information content (AvgIpc) is 2.36. The molecule has 5 heteroatoms. The molecule has 98 valence electrons. The summed E-state index contributed by atoms with van der Waals surface area (Å²) in [6.45, 7) is 3.41. The summed E-state index contributed by atoms with van der Waals surface area (Å²) in [4.78, 5) is 15.3. The van der Waals surface area contributed by atoms with Crippen LogP contribution in [0.2, 0.25) is 0 Å². The Morgan fingerprint density at radius 3 is 2.79 bits per heavy atom. The lowest BCUT2D eigenvalue weighted by Gasteiger charge is -2.11. The Kier molecular flexibility index (Phi) is 4.16. The van der Waals surface area contributed by atoms with Crippen molar-refractivity contribution in [2.24, 2.45) is 0 Å². The van der Waals surface area contributed by atoms with E-state index in [0.29, 0.717) is 17.3 Å². The number of rotatable bonds is 3. The van der Waals surface area contributed by atoms with Gasteiger partial charge in [-0.2, -0.15) is 0 Å². The van der Waals surface area contributed by atoms with E-state index in [2.05, 4.69) is 26.2 Å². The van der Waals surface area contributed by atoms with Gasteiger partial charge in [0.1, 0.15) is 0 Å². The molecule has 0 spiro atoms. The molecular weight excluding hydrogens is 308 g/mol. The highest BCUT2D eigenvalue weighted by molar-refractivity contribution is 9.10. The van der Waals surface area contributed by atoms with Crippen molar-refractivity contribution in [2.45, 2.75) is 13.8 Å². The normalized spacial score (nSPS) is 10.1. The minimum atomic E-state index is -0.143. The highest BCUT2D eigenvalue weighted by Crippen LogP contribution is 2.29. The first kappa shape index (κ1) is 13.5. The van der Waals surface area contributed by atoms with Gasteiger partial charge in [-0.3, -0.25) is 4.79 Å². The first-order valence-corrected chi connectivity index (χ1v) is 6.52. The number of carbonyl (C=O) groups excluding carboxylic acids is 1. The Morgan fingerprint density at radius 1 is 1.37 bits per heavy atom. The second-order valence-corrected chi connectivity index (χ2v) is 4.91. The Hall–Kier alpha value is -1.88. The van der Waals surface area contributed by atoms with E-state index in [1.165, 1.54) is 6.92 Å². The summed E-state index contributed by atoms with van der Waals surface area (Å²) >= 11 is 3.39. The molecule has 0 bridgehead atoms. The van der Waals surface area contributed by atoms with Crippen LogP contribution in [0.25, 0.3) is 0 Å². The van der Waals surface area contributed by atoms with Gasteiger partial charge >= 0.3 is 0 Å². The molecular formula is C14H13BrN2O2. The van der Waals surface area contributed by atoms with E-state index in [9.17, 15) is 4.79 Å². The minimum Gasteiger partial charge on any atom is -0.437 e. The van der Waals surface area contributed by atoms with Gasteiger partial charge in [-0.1, -0.05) is 12.1 Å². The molecule has 0 saturated heterocycles. The second-order valence-electron chi connectivity index (χ2n) is 4.05. The fourth-order valence-corrected chi connectivity index (χ4v) is 1.75. The maximum atomic E-state index is 11.1. The lowest BCUT2D eigenvalue weighted by molar-refractivity contribution is -0.114. The van der Waals surface area contributed by atoms with Crippen LogP contribution in [0.5, 0.6) is 11.6 Å². The molecule has 19 heavy (non-hydrogen) atoms. The number of nitrogens with one attached hydrogen (secondary N) is 1. The van der Waals surface area contributed by atoms with Crippen molar-refractivity contribution >= 4 is 27.5 Å². The second kappa shape index (κ2) is 5.84. The monoisotopic (exact) mass is 320 g/mol. The Bertz CT molecular complexity index is 614. The maximum Gasteiger partial charge on any atom is 0.221 e. The van der Waals surface area contributed by atoms with E-state index in [1.807, 2.05) is 25.1 Å². The van der Waals surface area contributed by atoms with Crippen LogP contribution < -0.4 is 10.1 Å². The largest absolute Gasteiger partial charge is 0.437 e. The molecule has 0 aliphatic heterocycles. The molecule has 1 aromatic carbocycles. The van der Waals surface area contributed by atoms with Crippen LogP contribution in [0.15, 0.2) is 41.0 Å². The van der Waals surface area contributed by atoms with Crippen molar-refractivity contribution in [3.8, 4) is 11.6 Å². The van der Waals surface area contributed by atoms with Crippen molar-refractivity contribution < 1.29 is 9.53 Å². The van der Waals surface area contributed by atoms with Crippen LogP contribution in [0, 0.1) is 6.92 Å². The molecule has 1 N–H and O–H groups in total. The zero-order valence-corrected chi connectivity index (χ0v) is 12.2. The first-order chi connectivity index (χ1) is 9.06. The van der Waals surface area contributed by atoms with Gasteiger partial charge < -0.3 is 10.1 Å². The molecule has 1 aromatic heterocycles. The lowest BCUT2D eigenvalue weighted by Crippen LogP contribution is -2.06. The molecule has 2 rings (SSSR count).